The quantitative estimate of drug-likeness (QED) is 0.308. The molecule has 0 N–H and O–H groups in total. The first-order chi connectivity index (χ1) is 17.5. The molecule has 0 spiro atoms. The highest BCUT2D eigenvalue weighted by atomic mass is 32.2. The maximum absolute atomic E-state index is 13.4. The van der Waals surface area contributed by atoms with Crippen LogP contribution in [0.15, 0.2) is 5.03 Å². The fourth-order valence-corrected chi connectivity index (χ4v) is 11.4. The number of amides is 1. The van der Waals surface area contributed by atoms with Gasteiger partial charge in [-0.15, -0.1) is 11.3 Å². The van der Waals surface area contributed by atoms with Crippen LogP contribution in [0.2, 0.25) is 0 Å². The number of rotatable bonds is 5. The monoisotopic (exact) mass is 523 g/mol. The first-order valence-electron chi connectivity index (χ1n) is 14.8. The molecule has 6 aliphatic rings. The third kappa shape index (κ3) is 4.04. The number of fused-ring (bicyclic) bond motifs is 3. The van der Waals surface area contributed by atoms with Crippen LogP contribution in [0, 0.1) is 23.7 Å². The maximum Gasteiger partial charge on any atom is 0.233 e. The molecule has 36 heavy (non-hydrogen) atoms. The Hall–Kier alpha value is -1.14. The molecule has 194 valence electrons. The molecular weight excluding hydrogens is 482 g/mol. The topological polar surface area (TPSA) is 46.1 Å². The second-order valence-corrected chi connectivity index (χ2v) is 15.1. The summed E-state index contributed by atoms with van der Waals surface area (Å²) in [6.07, 6.45) is 16.4. The van der Waals surface area contributed by atoms with Crippen LogP contribution >= 0.6 is 23.1 Å². The van der Waals surface area contributed by atoms with Gasteiger partial charge < -0.3 is 4.90 Å². The molecule has 0 radical (unpaired) electrons. The third-order valence-electron chi connectivity index (χ3n) is 10.4. The highest BCUT2D eigenvalue weighted by molar-refractivity contribution is 8.00. The molecule has 1 amide bonds. The second-order valence-electron chi connectivity index (χ2n) is 13.0. The summed E-state index contributed by atoms with van der Waals surface area (Å²) in [5, 5.41) is 2.43. The van der Waals surface area contributed by atoms with Gasteiger partial charge in [-0.05, 0) is 113 Å². The highest BCUT2D eigenvalue weighted by Crippen LogP contribution is 2.60. The van der Waals surface area contributed by atoms with E-state index in [1.165, 1.54) is 78.4 Å². The average Bonchev–Trinajstić information content (AvgIpc) is 3.23. The van der Waals surface area contributed by atoms with E-state index >= 15 is 0 Å². The fraction of sp³-hybridized carbons (Fsp3) is 0.767. The molecular formula is C30H41N3OS2. The Bertz CT molecular complexity index is 1140. The Kier molecular flexibility index (Phi) is 6.15. The smallest absolute Gasteiger partial charge is 0.233 e. The van der Waals surface area contributed by atoms with Gasteiger partial charge in [-0.25, -0.2) is 9.97 Å². The van der Waals surface area contributed by atoms with Gasteiger partial charge in [0.2, 0.25) is 5.91 Å². The Balaban J connectivity index is 1.25. The van der Waals surface area contributed by atoms with E-state index in [2.05, 4.69) is 18.7 Å². The second kappa shape index (κ2) is 9.25. The number of piperidine rings is 1. The number of carbonyl (C=O) groups is 1. The van der Waals surface area contributed by atoms with Crippen molar-refractivity contribution in [2.24, 2.45) is 23.7 Å². The van der Waals surface area contributed by atoms with Crippen molar-refractivity contribution in [1.82, 2.24) is 14.9 Å². The SMILES string of the molecule is CCC1CCCCN1C(=O)CSc1nc(C23CC4CC(CC(C4)C2)C3)nc2sc3c(c12)CCC(C)C3. The Morgan fingerprint density at radius 3 is 2.56 bits per heavy atom. The number of hydrogen-bond donors (Lipinski definition) is 0. The lowest BCUT2D eigenvalue weighted by Gasteiger charge is -2.56. The minimum Gasteiger partial charge on any atom is -0.339 e. The molecule has 6 heteroatoms. The van der Waals surface area contributed by atoms with Crippen molar-refractivity contribution in [2.45, 2.75) is 114 Å². The van der Waals surface area contributed by atoms with Crippen molar-refractivity contribution >= 4 is 39.2 Å². The Morgan fingerprint density at radius 2 is 1.83 bits per heavy atom. The number of nitrogens with zero attached hydrogens (tertiary/aromatic N) is 3. The van der Waals surface area contributed by atoms with Gasteiger partial charge >= 0.3 is 0 Å². The highest BCUT2D eigenvalue weighted by Gasteiger charge is 2.53. The predicted molar refractivity (Wildman–Crippen MR) is 149 cm³/mol. The van der Waals surface area contributed by atoms with Crippen molar-refractivity contribution < 1.29 is 4.79 Å². The van der Waals surface area contributed by atoms with E-state index in [1.54, 1.807) is 11.8 Å². The molecule has 5 aliphatic carbocycles. The molecule has 1 saturated heterocycles. The van der Waals surface area contributed by atoms with Gasteiger partial charge in [0.1, 0.15) is 15.7 Å². The maximum atomic E-state index is 13.4. The third-order valence-corrected chi connectivity index (χ3v) is 12.5. The molecule has 2 unspecified atom stereocenters. The van der Waals surface area contributed by atoms with Gasteiger partial charge in [-0.1, -0.05) is 25.6 Å². The molecule has 8 rings (SSSR count). The normalized spacial score (nSPS) is 35.4. The molecule has 1 aliphatic heterocycles. The lowest BCUT2D eigenvalue weighted by Crippen LogP contribution is -2.49. The number of thiophene rings is 1. The van der Waals surface area contributed by atoms with E-state index in [9.17, 15) is 4.79 Å². The van der Waals surface area contributed by atoms with Crippen LogP contribution in [-0.2, 0) is 23.1 Å². The largest absolute Gasteiger partial charge is 0.339 e. The number of hydrogen-bond acceptors (Lipinski definition) is 5. The summed E-state index contributed by atoms with van der Waals surface area (Å²) in [6.45, 7) is 5.55. The van der Waals surface area contributed by atoms with Crippen molar-refractivity contribution in [1.29, 1.82) is 0 Å². The first kappa shape index (κ1) is 23.9. The number of likely N-dealkylation sites (tertiary alicyclic amines) is 1. The van der Waals surface area contributed by atoms with E-state index < -0.39 is 0 Å². The van der Waals surface area contributed by atoms with Crippen LogP contribution in [0.4, 0.5) is 0 Å². The van der Waals surface area contributed by atoms with Crippen LogP contribution in [-0.4, -0.2) is 39.1 Å². The van der Waals surface area contributed by atoms with Gasteiger partial charge in [0, 0.05) is 28.3 Å². The van der Waals surface area contributed by atoms with E-state index in [0.717, 1.165) is 66.8 Å². The Labute approximate surface area is 224 Å². The Morgan fingerprint density at radius 1 is 1.08 bits per heavy atom. The van der Waals surface area contributed by atoms with E-state index in [0.29, 0.717) is 17.7 Å². The van der Waals surface area contributed by atoms with Crippen molar-refractivity contribution in [2.75, 3.05) is 12.3 Å². The van der Waals surface area contributed by atoms with Crippen molar-refractivity contribution in [3.8, 4) is 0 Å². The van der Waals surface area contributed by atoms with Gasteiger partial charge in [0.05, 0.1) is 5.75 Å². The summed E-state index contributed by atoms with van der Waals surface area (Å²) in [5.41, 5.74) is 1.70. The number of aromatic nitrogens is 2. The van der Waals surface area contributed by atoms with Gasteiger partial charge in [-0.2, -0.15) is 0 Å². The molecule has 2 aromatic rings. The summed E-state index contributed by atoms with van der Waals surface area (Å²) in [5.74, 6) is 5.38. The van der Waals surface area contributed by atoms with Crippen LogP contribution in [0.3, 0.4) is 0 Å². The average molecular weight is 524 g/mol. The first-order valence-corrected chi connectivity index (χ1v) is 16.6. The molecule has 2 aromatic heterocycles. The van der Waals surface area contributed by atoms with Crippen LogP contribution in [0.25, 0.3) is 10.2 Å². The molecule has 5 fully saturated rings. The van der Waals surface area contributed by atoms with Crippen LogP contribution in [0.1, 0.15) is 101 Å². The summed E-state index contributed by atoms with van der Waals surface area (Å²) < 4.78 is 0. The van der Waals surface area contributed by atoms with Crippen molar-refractivity contribution in [3.05, 3.63) is 16.3 Å². The lowest BCUT2D eigenvalue weighted by atomic mass is 9.49. The molecule has 2 atom stereocenters. The minimum atomic E-state index is 0.195. The standard InChI is InChI=1S/C30H41N3OS2/c1-3-22-6-4-5-9-33(22)25(34)17-35-27-26-23-8-7-18(2)10-24(23)36-28(26)32-29(31-27)30-14-19-11-20(15-30)13-21(12-19)16-30/h18-22H,3-17H2,1-2H3. The van der Waals surface area contributed by atoms with Crippen LogP contribution < -0.4 is 0 Å². The number of aryl methyl sites for hydroxylation is 1. The van der Waals surface area contributed by atoms with E-state index in [1.807, 2.05) is 11.3 Å². The van der Waals surface area contributed by atoms with Gasteiger partial charge in [0.15, 0.2) is 0 Å². The molecule has 3 heterocycles. The summed E-state index contributed by atoms with van der Waals surface area (Å²) in [7, 11) is 0. The summed E-state index contributed by atoms with van der Waals surface area (Å²) in [4.78, 5) is 29.2. The number of carbonyl (C=O) groups excluding carboxylic acids is 1. The summed E-state index contributed by atoms with van der Waals surface area (Å²) in [6, 6.07) is 0.426. The lowest BCUT2D eigenvalue weighted by molar-refractivity contribution is -0.132. The van der Waals surface area contributed by atoms with Gasteiger partial charge in [0.25, 0.3) is 0 Å². The van der Waals surface area contributed by atoms with E-state index in [4.69, 9.17) is 9.97 Å². The summed E-state index contributed by atoms with van der Waals surface area (Å²) >= 11 is 3.67. The van der Waals surface area contributed by atoms with E-state index in [-0.39, 0.29) is 5.41 Å². The van der Waals surface area contributed by atoms with Crippen molar-refractivity contribution in [3.63, 3.8) is 0 Å². The zero-order chi connectivity index (χ0) is 24.4. The minimum absolute atomic E-state index is 0.195. The zero-order valence-electron chi connectivity index (χ0n) is 22.1. The van der Waals surface area contributed by atoms with Gasteiger partial charge in [-0.3, -0.25) is 4.79 Å². The predicted octanol–water partition coefficient (Wildman–Crippen LogP) is 7.17. The molecule has 0 aromatic carbocycles. The molecule has 4 bridgehead atoms. The number of thioether (sulfide) groups is 1. The zero-order valence-corrected chi connectivity index (χ0v) is 23.7. The molecule has 4 nitrogen and oxygen atoms in total. The fourth-order valence-electron chi connectivity index (χ4n) is 9.00. The van der Waals surface area contributed by atoms with Crippen LogP contribution in [0.5, 0.6) is 0 Å². The molecule has 4 saturated carbocycles.